The van der Waals surface area contributed by atoms with E-state index in [-0.39, 0.29) is 29.9 Å². The molecule has 0 aromatic carbocycles. The zero-order chi connectivity index (χ0) is 18.7. The summed E-state index contributed by atoms with van der Waals surface area (Å²) < 4.78 is 8.67. The third-order valence-corrected chi connectivity index (χ3v) is 3.81. The molecule has 3 rings (SSSR count). The summed E-state index contributed by atoms with van der Waals surface area (Å²) in [5.41, 5.74) is 0.658. The summed E-state index contributed by atoms with van der Waals surface area (Å²) in [4.78, 5) is 22.5. The van der Waals surface area contributed by atoms with E-state index in [2.05, 4.69) is 15.5 Å². The highest BCUT2D eigenvalue weighted by Crippen LogP contribution is 2.15. The summed E-state index contributed by atoms with van der Waals surface area (Å²) >= 11 is 0. The molecule has 0 spiro atoms. The highest BCUT2D eigenvalue weighted by molar-refractivity contribution is 5.91. The maximum absolute atomic E-state index is 12.3. The van der Waals surface area contributed by atoms with Gasteiger partial charge in [-0.15, -0.1) is 0 Å². The molecule has 1 N–H and O–H groups in total. The van der Waals surface area contributed by atoms with E-state index in [0.29, 0.717) is 5.76 Å². The first-order valence-corrected chi connectivity index (χ1v) is 8.06. The molecule has 0 aliphatic rings. The van der Waals surface area contributed by atoms with Crippen LogP contribution in [0.5, 0.6) is 0 Å². The molecule has 0 aliphatic heterocycles. The zero-order valence-electron chi connectivity index (χ0n) is 14.3. The second kappa shape index (κ2) is 7.21. The lowest BCUT2D eigenvalue weighted by Gasteiger charge is -2.10. The average molecular weight is 358 g/mol. The van der Waals surface area contributed by atoms with Crippen LogP contribution in [-0.4, -0.2) is 30.4 Å². The Morgan fingerprint density at radius 3 is 2.85 bits per heavy atom. The standard InChI is InChI=1S/C16H18N6O4/c1-3-20-7-6-14(19-20)11(2)18-16(23)15-5-4-13(26-15)10-21-9-12(8-17-21)22(24)25/h4-9,11H,3,10H2,1-2H3,(H,18,23). The van der Waals surface area contributed by atoms with Crippen LogP contribution in [0.4, 0.5) is 5.69 Å². The number of carbonyl (C=O) groups is 1. The molecule has 136 valence electrons. The monoisotopic (exact) mass is 358 g/mol. The van der Waals surface area contributed by atoms with Crippen molar-refractivity contribution in [1.29, 1.82) is 0 Å². The lowest BCUT2D eigenvalue weighted by molar-refractivity contribution is -0.385. The third kappa shape index (κ3) is 3.79. The number of amides is 1. The number of aryl methyl sites for hydroxylation is 1. The Labute approximate surface area is 148 Å². The van der Waals surface area contributed by atoms with Gasteiger partial charge in [-0.25, -0.2) is 0 Å². The van der Waals surface area contributed by atoms with Crippen molar-refractivity contribution in [2.45, 2.75) is 33.0 Å². The van der Waals surface area contributed by atoms with E-state index in [4.69, 9.17) is 4.42 Å². The molecule has 0 radical (unpaired) electrons. The van der Waals surface area contributed by atoms with Crippen LogP contribution >= 0.6 is 0 Å². The van der Waals surface area contributed by atoms with Crippen molar-refractivity contribution in [1.82, 2.24) is 24.9 Å². The molecule has 0 saturated heterocycles. The van der Waals surface area contributed by atoms with Gasteiger partial charge in [-0.3, -0.25) is 24.3 Å². The molecule has 3 heterocycles. The molecular formula is C16H18N6O4. The van der Waals surface area contributed by atoms with Gasteiger partial charge in [-0.1, -0.05) is 0 Å². The van der Waals surface area contributed by atoms with Crippen molar-refractivity contribution < 1.29 is 14.1 Å². The normalized spacial score (nSPS) is 12.1. The summed E-state index contributed by atoms with van der Waals surface area (Å²) in [5, 5.41) is 21.7. The lowest BCUT2D eigenvalue weighted by Crippen LogP contribution is -2.26. The summed E-state index contributed by atoms with van der Waals surface area (Å²) in [6, 6.07) is 4.78. The number of nitrogens with zero attached hydrogens (tertiary/aromatic N) is 5. The van der Waals surface area contributed by atoms with E-state index >= 15 is 0 Å². The number of furan rings is 1. The third-order valence-electron chi connectivity index (χ3n) is 3.81. The molecule has 0 fully saturated rings. The van der Waals surface area contributed by atoms with Crippen molar-refractivity contribution in [3.63, 3.8) is 0 Å². The van der Waals surface area contributed by atoms with Crippen LogP contribution in [0.1, 0.15) is 41.9 Å². The van der Waals surface area contributed by atoms with E-state index in [1.54, 1.807) is 16.8 Å². The SMILES string of the molecule is CCn1ccc(C(C)NC(=O)c2ccc(Cn3cc([N+](=O)[O-])cn3)o2)n1. The second-order valence-electron chi connectivity index (χ2n) is 5.71. The van der Waals surface area contributed by atoms with Gasteiger partial charge in [0, 0.05) is 12.7 Å². The van der Waals surface area contributed by atoms with Crippen molar-refractivity contribution in [2.75, 3.05) is 0 Å². The van der Waals surface area contributed by atoms with Crippen LogP contribution in [0.25, 0.3) is 0 Å². The van der Waals surface area contributed by atoms with Gasteiger partial charge in [0.05, 0.1) is 23.2 Å². The van der Waals surface area contributed by atoms with Crippen LogP contribution in [0.3, 0.4) is 0 Å². The molecule has 1 unspecified atom stereocenters. The Morgan fingerprint density at radius 1 is 1.38 bits per heavy atom. The summed E-state index contributed by atoms with van der Waals surface area (Å²) in [6.45, 7) is 4.77. The number of aromatic nitrogens is 4. The van der Waals surface area contributed by atoms with Gasteiger partial charge in [-0.05, 0) is 32.0 Å². The van der Waals surface area contributed by atoms with E-state index < -0.39 is 4.92 Å². The van der Waals surface area contributed by atoms with E-state index in [9.17, 15) is 14.9 Å². The maximum Gasteiger partial charge on any atom is 0.307 e. The Balaban J connectivity index is 1.62. The number of nitro groups is 1. The number of nitrogens with one attached hydrogen (secondary N) is 1. The lowest BCUT2D eigenvalue weighted by atomic mass is 10.2. The van der Waals surface area contributed by atoms with E-state index in [1.165, 1.54) is 10.9 Å². The predicted molar refractivity (Wildman–Crippen MR) is 90.5 cm³/mol. The minimum atomic E-state index is -0.522. The first kappa shape index (κ1) is 17.4. The predicted octanol–water partition coefficient (Wildman–Crippen LogP) is 2.14. The first-order valence-electron chi connectivity index (χ1n) is 8.06. The van der Waals surface area contributed by atoms with Crippen molar-refractivity contribution >= 4 is 11.6 Å². The Bertz CT molecular complexity index is 925. The van der Waals surface area contributed by atoms with Gasteiger partial charge in [0.2, 0.25) is 0 Å². The maximum atomic E-state index is 12.3. The van der Waals surface area contributed by atoms with Crippen molar-refractivity contribution in [3.8, 4) is 0 Å². The highest BCUT2D eigenvalue weighted by atomic mass is 16.6. The second-order valence-corrected chi connectivity index (χ2v) is 5.71. The topological polar surface area (TPSA) is 121 Å². The molecule has 10 nitrogen and oxygen atoms in total. The highest BCUT2D eigenvalue weighted by Gasteiger charge is 2.17. The van der Waals surface area contributed by atoms with Crippen molar-refractivity contribution in [2.24, 2.45) is 0 Å². The quantitative estimate of drug-likeness (QED) is 0.510. The summed E-state index contributed by atoms with van der Waals surface area (Å²) in [5.74, 6) is 0.265. The molecule has 0 bridgehead atoms. The van der Waals surface area contributed by atoms with E-state index in [1.807, 2.05) is 26.1 Å². The average Bonchev–Trinajstić information content (AvgIpc) is 3.35. The van der Waals surface area contributed by atoms with Gasteiger partial charge in [-0.2, -0.15) is 10.2 Å². The molecule has 0 aliphatic carbocycles. The summed E-state index contributed by atoms with van der Waals surface area (Å²) in [7, 11) is 0. The van der Waals surface area contributed by atoms with Crippen LogP contribution < -0.4 is 5.32 Å². The Morgan fingerprint density at radius 2 is 2.19 bits per heavy atom. The number of hydrogen-bond donors (Lipinski definition) is 1. The molecule has 10 heteroatoms. The minimum absolute atomic E-state index is 0.102. The Kier molecular flexibility index (Phi) is 4.83. The van der Waals surface area contributed by atoms with Crippen LogP contribution in [-0.2, 0) is 13.1 Å². The van der Waals surface area contributed by atoms with Gasteiger partial charge < -0.3 is 9.73 Å². The Hall–Kier alpha value is -3.43. The molecule has 3 aromatic rings. The summed E-state index contributed by atoms with van der Waals surface area (Å²) in [6.07, 6.45) is 4.31. The minimum Gasteiger partial charge on any atom is -0.454 e. The van der Waals surface area contributed by atoms with Gasteiger partial charge in [0.1, 0.15) is 18.2 Å². The molecule has 1 atom stereocenters. The molecule has 26 heavy (non-hydrogen) atoms. The zero-order valence-corrected chi connectivity index (χ0v) is 14.3. The van der Waals surface area contributed by atoms with Crippen LogP contribution in [0, 0.1) is 10.1 Å². The van der Waals surface area contributed by atoms with Crippen molar-refractivity contribution in [3.05, 3.63) is 64.1 Å². The molecule has 0 saturated carbocycles. The smallest absolute Gasteiger partial charge is 0.307 e. The molecular weight excluding hydrogens is 340 g/mol. The largest absolute Gasteiger partial charge is 0.454 e. The fourth-order valence-electron chi connectivity index (χ4n) is 2.40. The van der Waals surface area contributed by atoms with Gasteiger partial charge in [0.15, 0.2) is 5.76 Å². The van der Waals surface area contributed by atoms with Crippen LogP contribution in [0.2, 0.25) is 0 Å². The number of hydrogen-bond acceptors (Lipinski definition) is 6. The van der Waals surface area contributed by atoms with Gasteiger partial charge >= 0.3 is 5.69 Å². The molecule has 1 amide bonds. The fourth-order valence-corrected chi connectivity index (χ4v) is 2.40. The first-order chi connectivity index (χ1) is 12.5. The van der Waals surface area contributed by atoms with Gasteiger partial charge in [0.25, 0.3) is 5.91 Å². The number of carbonyl (C=O) groups excluding carboxylic acids is 1. The number of rotatable bonds is 7. The van der Waals surface area contributed by atoms with E-state index in [0.717, 1.165) is 18.4 Å². The van der Waals surface area contributed by atoms with Crippen LogP contribution in [0.15, 0.2) is 41.2 Å². The molecule has 3 aromatic heterocycles. The fraction of sp³-hybridized carbons (Fsp3) is 0.312.